The van der Waals surface area contributed by atoms with E-state index >= 15 is 0 Å². The van der Waals surface area contributed by atoms with Gasteiger partial charge in [-0.05, 0) is 12.1 Å². The molecule has 86 valence electrons. The second-order valence-electron chi connectivity index (χ2n) is 3.48. The molecule has 1 saturated heterocycles. The molecule has 1 aliphatic rings. The van der Waals surface area contributed by atoms with Gasteiger partial charge in [0, 0.05) is 12.7 Å². The average Bonchev–Trinajstić information content (AvgIpc) is 2.85. The van der Waals surface area contributed by atoms with Crippen LogP contribution in [-0.4, -0.2) is 33.7 Å². The first kappa shape index (κ1) is 11.1. The predicted octanol–water partition coefficient (Wildman–Crippen LogP) is 1.33. The van der Waals surface area contributed by atoms with Gasteiger partial charge in [0.2, 0.25) is 5.91 Å². The zero-order chi connectivity index (χ0) is 11.7. The lowest BCUT2D eigenvalue weighted by atomic mass is 10.2. The molecule has 0 radical (unpaired) electrons. The van der Waals surface area contributed by atoms with Crippen molar-refractivity contribution in [3.8, 4) is 0 Å². The van der Waals surface area contributed by atoms with Gasteiger partial charge in [-0.15, -0.1) is 11.8 Å². The topological polar surface area (TPSA) is 70.8 Å². The molecule has 1 fully saturated rings. The number of carboxylic acid groups (broad SMARTS) is 1. The fraction of sp³-hybridized carbons (Fsp3) is 0.400. The van der Waals surface area contributed by atoms with Crippen LogP contribution in [0.2, 0.25) is 0 Å². The number of hydrogen-bond donors (Lipinski definition) is 1. The van der Waals surface area contributed by atoms with Gasteiger partial charge < -0.3 is 14.4 Å². The van der Waals surface area contributed by atoms with E-state index in [1.54, 1.807) is 12.1 Å². The molecule has 5 nitrogen and oxygen atoms in total. The van der Waals surface area contributed by atoms with Crippen LogP contribution in [0.15, 0.2) is 22.8 Å². The molecule has 0 spiro atoms. The van der Waals surface area contributed by atoms with Gasteiger partial charge in [-0.1, -0.05) is 0 Å². The van der Waals surface area contributed by atoms with Crippen molar-refractivity contribution < 1.29 is 19.1 Å². The van der Waals surface area contributed by atoms with Crippen molar-refractivity contribution in [2.24, 2.45) is 0 Å². The first-order valence-electron chi connectivity index (χ1n) is 4.78. The van der Waals surface area contributed by atoms with E-state index in [0.29, 0.717) is 11.5 Å². The molecular weight excluding hydrogens is 230 g/mol. The van der Waals surface area contributed by atoms with Crippen molar-refractivity contribution >= 4 is 23.6 Å². The maximum Gasteiger partial charge on any atom is 0.327 e. The van der Waals surface area contributed by atoms with Crippen LogP contribution in [0, 0.1) is 0 Å². The van der Waals surface area contributed by atoms with E-state index in [4.69, 9.17) is 9.52 Å². The lowest BCUT2D eigenvalue weighted by molar-refractivity contribution is -0.148. The Kier molecular flexibility index (Phi) is 2.91. The summed E-state index contributed by atoms with van der Waals surface area (Å²) in [6.45, 7) is 1.37. The molecular formula is C10H11NO4S. The number of carboxylic acids is 1. The number of thioether (sulfide) groups is 1. The lowest BCUT2D eigenvalue weighted by Gasteiger charge is -2.24. The average molecular weight is 241 g/mol. The van der Waals surface area contributed by atoms with Gasteiger partial charge in [-0.25, -0.2) is 4.79 Å². The van der Waals surface area contributed by atoms with Gasteiger partial charge in [0.05, 0.1) is 6.26 Å². The third-order valence-electron chi connectivity index (χ3n) is 2.44. The molecule has 16 heavy (non-hydrogen) atoms. The molecule has 1 aromatic heterocycles. The molecule has 1 N–H and O–H groups in total. The summed E-state index contributed by atoms with van der Waals surface area (Å²) >= 11 is 1.40. The molecule has 2 rings (SSSR count). The molecule has 1 aliphatic heterocycles. The van der Waals surface area contributed by atoms with Crippen LogP contribution < -0.4 is 0 Å². The highest BCUT2D eigenvalue weighted by Crippen LogP contribution is 2.41. The minimum atomic E-state index is -0.975. The second kappa shape index (κ2) is 4.21. The molecule has 1 aromatic rings. The number of carbonyl (C=O) groups excluding carboxylic acids is 1. The monoisotopic (exact) mass is 241 g/mol. The Hall–Kier alpha value is -1.43. The molecule has 2 atom stereocenters. The third kappa shape index (κ3) is 1.80. The Morgan fingerprint density at radius 2 is 2.38 bits per heavy atom. The van der Waals surface area contributed by atoms with Gasteiger partial charge in [0.1, 0.15) is 17.2 Å². The van der Waals surface area contributed by atoms with Crippen molar-refractivity contribution in [2.45, 2.75) is 18.3 Å². The Labute approximate surface area is 96.4 Å². The minimum Gasteiger partial charge on any atom is -0.480 e. The summed E-state index contributed by atoms with van der Waals surface area (Å²) < 4.78 is 5.22. The van der Waals surface area contributed by atoms with Crippen LogP contribution in [-0.2, 0) is 9.59 Å². The van der Waals surface area contributed by atoms with Crippen molar-refractivity contribution in [2.75, 3.05) is 5.75 Å². The van der Waals surface area contributed by atoms with Gasteiger partial charge >= 0.3 is 5.97 Å². The summed E-state index contributed by atoms with van der Waals surface area (Å²) in [4.78, 5) is 23.8. The zero-order valence-electron chi connectivity index (χ0n) is 8.62. The fourth-order valence-electron chi connectivity index (χ4n) is 1.73. The summed E-state index contributed by atoms with van der Waals surface area (Å²) in [7, 11) is 0. The largest absolute Gasteiger partial charge is 0.480 e. The Morgan fingerprint density at radius 1 is 1.62 bits per heavy atom. The molecule has 0 bridgehead atoms. The van der Waals surface area contributed by atoms with Crippen molar-refractivity contribution in [1.29, 1.82) is 0 Å². The Morgan fingerprint density at radius 3 is 2.88 bits per heavy atom. The van der Waals surface area contributed by atoms with E-state index in [0.717, 1.165) is 0 Å². The third-order valence-corrected chi connectivity index (χ3v) is 3.72. The highest BCUT2D eigenvalue weighted by Gasteiger charge is 2.42. The summed E-state index contributed by atoms with van der Waals surface area (Å²) in [6, 6.07) is 2.71. The fourth-order valence-corrected chi connectivity index (χ4v) is 3.15. The maximum atomic E-state index is 11.5. The first-order chi connectivity index (χ1) is 7.61. The van der Waals surface area contributed by atoms with E-state index in [9.17, 15) is 9.59 Å². The number of amides is 1. The molecule has 6 heteroatoms. The number of furan rings is 1. The molecule has 1 amide bonds. The van der Waals surface area contributed by atoms with Crippen LogP contribution >= 0.6 is 11.8 Å². The van der Waals surface area contributed by atoms with Crippen LogP contribution in [0.5, 0.6) is 0 Å². The highest BCUT2D eigenvalue weighted by molar-refractivity contribution is 7.99. The normalized spacial score (nSPS) is 24.7. The van der Waals surface area contributed by atoms with Crippen LogP contribution in [0.4, 0.5) is 0 Å². The van der Waals surface area contributed by atoms with E-state index in [2.05, 4.69) is 0 Å². The van der Waals surface area contributed by atoms with Gasteiger partial charge in [0.25, 0.3) is 0 Å². The van der Waals surface area contributed by atoms with Crippen molar-refractivity contribution in [1.82, 2.24) is 4.90 Å². The number of nitrogens with zero attached hydrogens (tertiary/aromatic N) is 1. The minimum absolute atomic E-state index is 0.251. The first-order valence-corrected chi connectivity index (χ1v) is 5.83. The second-order valence-corrected chi connectivity index (χ2v) is 4.59. The van der Waals surface area contributed by atoms with Gasteiger partial charge in [0.15, 0.2) is 0 Å². The van der Waals surface area contributed by atoms with Crippen LogP contribution in [0.25, 0.3) is 0 Å². The quantitative estimate of drug-likeness (QED) is 0.845. The predicted molar refractivity (Wildman–Crippen MR) is 57.9 cm³/mol. The summed E-state index contributed by atoms with van der Waals surface area (Å²) in [5.41, 5.74) is 0. The van der Waals surface area contributed by atoms with Crippen LogP contribution in [0.3, 0.4) is 0 Å². The van der Waals surface area contributed by atoms with Gasteiger partial charge in [-0.3, -0.25) is 4.79 Å². The molecule has 0 aromatic carbocycles. The van der Waals surface area contributed by atoms with E-state index in [1.807, 2.05) is 0 Å². The van der Waals surface area contributed by atoms with Crippen LogP contribution in [0.1, 0.15) is 18.1 Å². The Balaban J connectivity index is 2.28. The maximum absolute atomic E-state index is 11.5. The van der Waals surface area contributed by atoms with E-state index in [1.165, 1.54) is 29.8 Å². The standard InChI is InChI=1S/C10H11NO4S/c1-6(12)11-7(10(13)14)5-16-9(11)8-3-2-4-15-8/h2-4,7,9H,5H2,1H3,(H,13,14)/t7-,9+/m1/s1. The number of rotatable bonds is 2. The molecule has 0 aliphatic carbocycles. The van der Waals surface area contributed by atoms with E-state index in [-0.39, 0.29) is 11.3 Å². The Bertz CT molecular complexity index is 403. The number of carbonyl (C=O) groups is 2. The molecule has 2 heterocycles. The highest BCUT2D eigenvalue weighted by atomic mass is 32.2. The SMILES string of the molecule is CC(=O)N1[C@@H](C(=O)O)CS[C@H]1c1ccco1. The van der Waals surface area contributed by atoms with Crippen molar-refractivity contribution in [3.05, 3.63) is 24.2 Å². The number of aliphatic carboxylic acids is 1. The van der Waals surface area contributed by atoms with E-state index < -0.39 is 12.0 Å². The summed E-state index contributed by atoms with van der Waals surface area (Å²) in [5.74, 6) is -0.222. The summed E-state index contributed by atoms with van der Waals surface area (Å²) in [6.07, 6.45) is 1.52. The smallest absolute Gasteiger partial charge is 0.327 e. The lowest BCUT2D eigenvalue weighted by Crippen LogP contribution is -2.41. The van der Waals surface area contributed by atoms with Gasteiger partial charge in [-0.2, -0.15) is 0 Å². The molecule has 0 unspecified atom stereocenters. The zero-order valence-corrected chi connectivity index (χ0v) is 9.44. The number of hydrogen-bond acceptors (Lipinski definition) is 4. The summed E-state index contributed by atoms with van der Waals surface area (Å²) in [5, 5.41) is 8.68. The van der Waals surface area contributed by atoms with Crippen molar-refractivity contribution in [3.63, 3.8) is 0 Å². The molecule has 0 saturated carbocycles.